The van der Waals surface area contributed by atoms with E-state index in [4.69, 9.17) is 28.4 Å². The number of carbonyl (C=O) groups excluding carboxylic acids is 13. The van der Waals surface area contributed by atoms with Crippen molar-refractivity contribution in [2.24, 2.45) is 65.0 Å². The number of hydrogen-bond acceptors (Lipinski definition) is 20. The zero-order valence-electron chi connectivity index (χ0n) is 80.2. The number of ether oxygens (including phenoxy) is 6. The van der Waals surface area contributed by atoms with E-state index in [0.717, 1.165) is 6.42 Å². The van der Waals surface area contributed by atoms with E-state index >= 15 is 0 Å². The van der Waals surface area contributed by atoms with Gasteiger partial charge in [0.25, 0.3) is 0 Å². The van der Waals surface area contributed by atoms with E-state index in [2.05, 4.69) is 68.1 Å². The molecule has 24 nitrogen and oxygen atoms in total. The number of ketones is 9. The van der Waals surface area contributed by atoms with Crippen LogP contribution in [0.15, 0.2) is 0 Å². The second kappa shape index (κ2) is 52.8. The minimum Gasteiger partial charge on any atom is -0.380 e. The first-order valence-electron chi connectivity index (χ1n) is 42.9. The van der Waals surface area contributed by atoms with Crippen molar-refractivity contribution in [2.75, 3.05) is 105 Å². The molecule has 0 fully saturated rings. The highest BCUT2D eigenvalue weighted by Crippen LogP contribution is 2.38. The lowest BCUT2D eigenvalue weighted by atomic mass is 9.75. The first-order valence-corrected chi connectivity index (χ1v) is 42.9. The molecule has 0 aromatic heterocycles. The maximum absolute atomic E-state index is 12.4. The number of nitrogens with one attached hydrogen (secondary N) is 5. The minimum atomic E-state index is -0.654. The SMILES string of the molecule is CC(C)(C)CC(COCCC(=O)C(C)(C)C)(COCCC(=O)C(C)(C)C)COCCC(=O)C(C)(C)C.CC(C)(C)CC(COCCC(=O)NCCC(=O)C(C)(C)C)(COCCC(=O)NCCC(=O)C(C)(C)C)COCCC(=O)NCCC(=O)C(C)(C)C.CC(C)(C)NC(CC(=O)CCCC(=O)C(C)(C)C)CC(=O)NCCC(=O)C(C)(C)C. The van der Waals surface area contributed by atoms with E-state index in [-0.39, 0.29) is 214 Å². The molecule has 0 spiro atoms. The molecule has 0 aliphatic carbocycles. The van der Waals surface area contributed by atoms with Crippen LogP contribution in [0.25, 0.3) is 0 Å². The Morgan fingerprint density at radius 3 is 0.658 bits per heavy atom. The Hall–Kier alpha value is -5.37. The van der Waals surface area contributed by atoms with Crippen LogP contribution in [0.3, 0.4) is 0 Å². The smallest absolute Gasteiger partial charge is 0.222 e. The zero-order valence-corrected chi connectivity index (χ0v) is 80.2. The molecule has 0 aliphatic rings. The fourth-order valence-electron chi connectivity index (χ4n) is 12.0. The minimum absolute atomic E-state index is 0.0280. The standard InChI is InChI=1S/C39H71N3O9.C30H56O6.C24H44N2O4/c1-35(2,3)25-39(26-49-22-16-32(46)40-19-13-29(43)36(4,5)6,27-50-23-17-33(47)41-20-14-30(44)37(7,8)9)28-51-24-18-34(48)42-21-15-31(45)38(10,11)12;1-26(2,3)19-30(20-34-16-13-23(31)27(4,5)6,21-35-17-14-24(32)28(7,8)9)22-36-18-15-25(33)29(10,11)12;1-22(2,3)19(28)12-10-11-18(27)15-17(26-24(7,8)9)16-21(30)25-14-13-20(29)23(4,5)6/h13-28H2,1-12H3,(H,40,46)(H,41,47)(H,42,48);13-22H2,1-12H3;17,26H,10-16H2,1-9H3,(H,25,30). The van der Waals surface area contributed by atoms with E-state index in [1.165, 1.54) is 0 Å². The lowest BCUT2D eigenvalue weighted by Gasteiger charge is -2.38. The first-order chi connectivity index (χ1) is 52.8. The summed E-state index contributed by atoms with van der Waals surface area (Å²) in [7, 11) is 0. The molecule has 0 saturated heterocycles. The highest BCUT2D eigenvalue weighted by Gasteiger charge is 2.39. The van der Waals surface area contributed by atoms with Crippen LogP contribution in [-0.2, 0) is 90.8 Å². The van der Waals surface area contributed by atoms with Crippen molar-refractivity contribution in [1.29, 1.82) is 0 Å². The van der Waals surface area contributed by atoms with Gasteiger partial charge in [-0.2, -0.15) is 0 Å². The fraction of sp³-hybridized carbons (Fsp3) is 0.860. The number of rotatable bonds is 53. The number of amides is 4. The van der Waals surface area contributed by atoms with Gasteiger partial charge in [0.05, 0.1) is 79.3 Å². The van der Waals surface area contributed by atoms with E-state index in [1.807, 2.05) is 187 Å². The topological polar surface area (TPSA) is 337 Å². The van der Waals surface area contributed by atoms with Crippen LogP contribution in [0.4, 0.5) is 0 Å². The molecule has 0 rings (SSSR count). The fourth-order valence-corrected chi connectivity index (χ4v) is 12.0. The molecule has 117 heavy (non-hydrogen) atoms. The van der Waals surface area contributed by atoms with Gasteiger partial charge in [-0.1, -0.05) is 208 Å². The van der Waals surface area contributed by atoms with Gasteiger partial charge in [0.2, 0.25) is 23.6 Å². The van der Waals surface area contributed by atoms with Crippen molar-refractivity contribution >= 4 is 75.7 Å². The predicted molar refractivity (Wildman–Crippen MR) is 467 cm³/mol. The summed E-state index contributed by atoms with van der Waals surface area (Å²) in [6, 6.07) is -0.283. The van der Waals surface area contributed by atoms with Crippen LogP contribution < -0.4 is 26.6 Å². The summed E-state index contributed by atoms with van der Waals surface area (Å²) in [4.78, 5) is 160. The molecule has 4 amide bonds. The molecule has 0 aromatic rings. The molecule has 0 radical (unpaired) electrons. The van der Waals surface area contributed by atoms with Crippen molar-refractivity contribution in [3.05, 3.63) is 0 Å². The van der Waals surface area contributed by atoms with E-state index in [0.29, 0.717) is 97.6 Å². The predicted octanol–water partition coefficient (Wildman–Crippen LogP) is 15.5. The highest BCUT2D eigenvalue weighted by molar-refractivity contribution is 5.88. The van der Waals surface area contributed by atoms with Gasteiger partial charge in [-0.15, -0.1) is 0 Å². The number of carbonyl (C=O) groups is 13. The Kier molecular flexibility index (Phi) is 52.3. The molecular formula is C93H171N5O19. The third kappa shape index (κ3) is 61.6. The molecular weight excluding hydrogens is 1490 g/mol. The third-order valence-corrected chi connectivity index (χ3v) is 18.9. The van der Waals surface area contributed by atoms with Crippen molar-refractivity contribution in [3.63, 3.8) is 0 Å². The van der Waals surface area contributed by atoms with Crippen LogP contribution >= 0.6 is 0 Å². The average Bonchev–Trinajstić information content (AvgIpc) is 0.838. The van der Waals surface area contributed by atoms with E-state index in [9.17, 15) is 62.3 Å². The second-order valence-electron chi connectivity index (χ2n) is 44.0. The first kappa shape index (κ1) is 116. The van der Waals surface area contributed by atoms with Crippen molar-refractivity contribution in [2.45, 2.75) is 349 Å². The van der Waals surface area contributed by atoms with Crippen molar-refractivity contribution in [1.82, 2.24) is 26.6 Å². The summed E-state index contributed by atoms with van der Waals surface area (Å²) in [5.74, 6) is 0.225. The monoisotopic (exact) mass is 1660 g/mol. The van der Waals surface area contributed by atoms with Gasteiger partial charge in [0.1, 0.15) is 52.0 Å². The van der Waals surface area contributed by atoms with Crippen LogP contribution in [0, 0.1) is 65.0 Å². The van der Waals surface area contributed by atoms with Crippen LogP contribution in [0.1, 0.15) is 338 Å². The Balaban J connectivity index is -0.00000174. The molecule has 0 aliphatic heterocycles. The van der Waals surface area contributed by atoms with Gasteiger partial charge in [-0.25, -0.2) is 0 Å². The largest absolute Gasteiger partial charge is 0.380 e. The van der Waals surface area contributed by atoms with Gasteiger partial charge in [-0.3, -0.25) is 62.3 Å². The molecule has 1 unspecified atom stereocenters. The summed E-state index contributed by atoms with van der Waals surface area (Å²) in [5.41, 5.74) is -4.89. The second-order valence-corrected chi connectivity index (χ2v) is 44.0. The summed E-state index contributed by atoms with van der Waals surface area (Å²) in [5, 5.41) is 14.5. The summed E-state index contributed by atoms with van der Waals surface area (Å²) in [6.45, 7) is 68.2. The maximum Gasteiger partial charge on any atom is 0.222 e. The Morgan fingerprint density at radius 1 is 0.239 bits per heavy atom. The molecule has 5 N–H and O–H groups in total. The Bertz CT molecular complexity index is 2800. The zero-order chi connectivity index (χ0) is 91.7. The van der Waals surface area contributed by atoms with Crippen LogP contribution in [0.2, 0.25) is 0 Å². The Labute approximate surface area is 709 Å². The maximum atomic E-state index is 12.4. The Morgan fingerprint density at radius 2 is 0.444 bits per heavy atom. The molecule has 1 atom stereocenters. The van der Waals surface area contributed by atoms with Crippen molar-refractivity contribution in [3.8, 4) is 0 Å². The molecule has 0 aromatic carbocycles. The lowest BCUT2D eigenvalue weighted by molar-refractivity contribution is -0.131. The number of Topliss-reactive ketones (excluding diaryl/α,β-unsaturated/α-hetero) is 9. The van der Waals surface area contributed by atoms with Gasteiger partial charge in [0.15, 0.2) is 0 Å². The normalized spacial score (nSPS) is 13.2. The van der Waals surface area contributed by atoms with Crippen LogP contribution in [0.5, 0.6) is 0 Å². The molecule has 0 bridgehead atoms. The van der Waals surface area contributed by atoms with Gasteiger partial charge in [0, 0.05) is 182 Å². The third-order valence-electron chi connectivity index (χ3n) is 18.9. The summed E-state index contributed by atoms with van der Waals surface area (Å²) in [6.07, 6.45) is 5.61. The van der Waals surface area contributed by atoms with Gasteiger partial charge < -0.3 is 55.0 Å². The lowest BCUT2D eigenvalue weighted by Crippen LogP contribution is -2.47. The van der Waals surface area contributed by atoms with Crippen molar-refractivity contribution < 1.29 is 90.8 Å². The quantitative estimate of drug-likeness (QED) is 0.0353. The average molecular weight is 1660 g/mol. The molecule has 0 heterocycles. The van der Waals surface area contributed by atoms with Gasteiger partial charge in [-0.05, 0) is 50.9 Å². The summed E-state index contributed by atoms with van der Waals surface area (Å²) < 4.78 is 36.3. The van der Waals surface area contributed by atoms with Crippen LogP contribution in [-0.4, -0.2) is 193 Å². The molecule has 682 valence electrons. The highest BCUT2D eigenvalue weighted by atomic mass is 16.5. The van der Waals surface area contributed by atoms with Gasteiger partial charge >= 0.3 is 0 Å². The molecule has 24 heteroatoms. The van der Waals surface area contributed by atoms with E-state index < -0.39 is 48.7 Å². The molecule has 0 saturated carbocycles. The summed E-state index contributed by atoms with van der Waals surface area (Å²) >= 11 is 0. The number of hydrogen-bond donors (Lipinski definition) is 5. The van der Waals surface area contributed by atoms with E-state index in [1.54, 1.807) is 0 Å².